The van der Waals surface area contributed by atoms with Crippen LogP contribution in [-0.4, -0.2) is 110 Å². The summed E-state index contributed by atoms with van der Waals surface area (Å²) in [7, 11) is 0. The number of fused-ring (bicyclic) bond motifs is 2. The summed E-state index contributed by atoms with van der Waals surface area (Å²) in [6, 6.07) is 5.87. The fourth-order valence-corrected chi connectivity index (χ4v) is 6.71. The summed E-state index contributed by atoms with van der Waals surface area (Å²) in [6.45, 7) is 6.31. The first-order valence-corrected chi connectivity index (χ1v) is 19.4. The molecule has 0 saturated heterocycles. The number of rotatable bonds is 22. The molecular weight excluding hydrogens is 764 g/mol. The number of carbonyl (C=O) groups excluding carboxylic acids is 5. The maximum Gasteiger partial charge on any atom is 0.326 e. The standard InChI is InChI=1S/C41H54N8O10/c1-21(2)13-27(42)36(53)45-32(17-35(51)52)39(56)46-31(16-24-19-44-29-12-8-6-10-26(24)29)38(55)49-34(20-50)40(57)47-30(37(54)48-33(41(58)59)14-22(3)4)15-23-18-43-28-11-7-5-9-25(23)28/h5-12,18-19,21-22,27,30-34,43-44,50H,13-17,20,42H2,1-4H3,(H,45,53)(H,46,56)(H,47,57)(H,48,54)(H,49,55)(H,51,52)(H,58,59)/t27-,30-,31-,32-,33-,34-/m0/s1. The van der Waals surface area contributed by atoms with Crippen molar-refractivity contribution in [3.8, 4) is 0 Å². The van der Waals surface area contributed by atoms with Crippen LogP contribution in [0.5, 0.6) is 0 Å². The number of para-hydroxylation sites is 2. The number of aliphatic hydroxyl groups is 1. The van der Waals surface area contributed by atoms with E-state index in [-0.39, 0.29) is 37.5 Å². The van der Waals surface area contributed by atoms with Crippen molar-refractivity contribution in [1.82, 2.24) is 36.6 Å². The molecule has 2 aromatic heterocycles. The quantitative estimate of drug-likeness (QED) is 0.0528. The van der Waals surface area contributed by atoms with Crippen LogP contribution in [0.3, 0.4) is 0 Å². The number of benzene rings is 2. The zero-order chi connectivity index (χ0) is 43.4. The summed E-state index contributed by atoms with van der Waals surface area (Å²) in [6.07, 6.45) is 2.52. The molecule has 4 aromatic rings. The molecular formula is C41H54N8O10. The molecule has 12 N–H and O–H groups in total. The molecule has 0 fully saturated rings. The largest absolute Gasteiger partial charge is 0.481 e. The van der Waals surface area contributed by atoms with E-state index in [2.05, 4.69) is 36.6 Å². The number of carboxylic acids is 2. The summed E-state index contributed by atoms with van der Waals surface area (Å²) in [4.78, 5) is 98.2. The Kier molecular flexibility index (Phi) is 16.1. The number of carbonyl (C=O) groups is 7. The van der Waals surface area contributed by atoms with E-state index in [1.54, 1.807) is 56.6 Å². The number of aliphatic hydroxyl groups excluding tert-OH is 1. The summed E-state index contributed by atoms with van der Waals surface area (Å²) < 4.78 is 0. The van der Waals surface area contributed by atoms with Crippen molar-refractivity contribution >= 4 is 63.3 Å². The molecule has 2 heterocycles. The van der Waals surface area contributed by atoms with Crippen LogP contribution in [-0.2, 0) is 46.4 Å². The molecule has 18 heteroatoms. The molecule has 0 spiro atoms. The lowest BCUT2D eigenvalue weighted by Crippen LogP contribution is -2.60. The van der Waals surface area contributed by atoms with Crippen LogP contribution < -0.4 is 32.3 Å². The first-order chi connectivity index (χ1) is 28.0. The van der Waals surface area contributed by atoms with Gasteiger partial charge in [0.1, 0.15) is 30.2 Å². The Morgan fingerprint density at radius 3 is 1.42 bits per heavy atom. The van der Waals surface area contributed by atoms with Gasteiger partial charge in [0.15, 0.2) is 0 Å². The summed E-state index contributed by atoms with van der Waals surface area (Å²) >= 11 is 0. The van der Waals surface area contributed by atoms with Gasteiger partial charge >= 0.3 is 11.9 Å². The monoisotopic (exact) mass is 818 g/mol. The van der Waals surface area contributed by atoms with Crippen molar-refractivity contribution in [2.24, 2.45) is 17.6 Å². The molecule has 59 heavy (non-hydrogen) atoms. The summed E-state index contributed by atoms with van der Waals surface area (Å²) in [5.74, 6) is -7.31. The van der Waals surface area contributed by atoms with Gasteiger partial charge in [-0.1, -0.05) is 64.1 Å². The van der Waals surface area contributed by atoms with E-state index in [0.717, 1.165) is 10.9 Å². The van der Waals surface area contributed by atoms with Crippen LogP contribution in [0, 0.1) is 11.8 Å². The number of aliphatic carboxylic acids is 2. The first kappa shape index (κ1) is 45.4. The third-order valence-corrected chi connectivity index (χ3v) is 9.67. The maximum atomic E-state index is 14.1. The molecule has 318 valence electrons. The van der Waals surface area contributed by atoms with Crippen molar-refractivity contribution in [3.63, 3.8) is 0 Å². The van der Waals surface area contributed by atoms with Gasteiger partial charge in [-0.2, -0.15) is 0 Å². The zero-order valence-electron chi connectivity index (χ0n) is 33.4. The molecule has 0 aliphatic rings. The van der Waals surface area contributed by atoms with E-state index in [0.29, 0.717) is 22.0 Å². The van der Waals surface area contributed by atoms with Gasteiger partial charge in [0.2, 0.25) is 29.5 Å². The third-order valence-electron chi connectivity index (χ3n) is 9.67. The Hall–Kier alpha value is -6.27. The Balaban J connectivity index is 1.60. The normalized spacial score (nSPS) is 14.5. The number of aromatic nitrogens is 2. The molecule has 0 aliphatic heterocycles. The van der Waals surface area contributed by atoms with Crippen molar-refractivity contribution in [2.75, 3.05) is 6.61 Å². The minimum absolute atomic E-state index is 0.0214. The van der Waals surface area contributed by atoms with Crippen molar-refractivity contribution in [1.29, 1.82) is 0 Å². The average molecular weight is 819 g/mol. The third kappa shape index (κ3) is 12.9. The highest BCUT2D eigenvalue weighted by atomic mass is 16.4. The number of nitrogens with one attached hydrogen (secondary N) is 7. The van der Waals surface area contributed by atoms with E-state index in [1.165, 1.54) is 0 Å². The number of nitrogens with two attached hydrogens (primary N) is 1. The van der Waals surface area contributed by atoms with Crippen molar-refractivity contribution in [3.05, 3.63) is 72.1 Å². The van der Waals surface area contributed by atoms with Gasteiger partial charge in [-0.15, -0.1) is 0 Å². The van der Waals surface area contributed by atoms with E-state index in [9.17, 15) is 48.9 Å². The number of amides is 5. The second-order valence-corrected chi connectivity index (χ2v) is 15.4. The van der Waals surface area contributed by atoms with Gasteiger partial charge < -0.3 is 57.6 Å². The van der Waals surface area contributed by atoms with Crippen LogP contribution in [0.4, 0.5) is 0 Å². The SMILES string of the molecule is CC(C)C[C@H](NC(=O)[C@H](Cc1c[nH]c2ccccc12)NC(=O)[C@H](CO)NC(=O)[C@H](Cc1c[nH]c2ccccc12)NC(=O)[C@H](CC(=O)O)NC(=O)[C@@H](N)CC(C)C)C(=O)O. The van der Waals surface area contributed by atoms with E-state index >= 15 is 0 Å². The highest BCUT2D eigenvalue weighted by molar-refractivity contribution is 5.98. The fraction of sp³-hybridized carbons (Fsp3) is 0.439. The predicted octanol–water partition coefficient (Wildman–Crippen LogP) is 0.830. The van der Waals surface area contributed by atoms with Gasteiger partial charge in [0.25, 0.3) is 0 Å². The molecule has 2 aromatic carbocycles. The Bertz CT molecular complexity index is 2130. The molecule has 4 rings (SSSR count). The lowest BCUT2D eigenvalue weighted by Gasteiger charge is -2.26. The minimum atomic E-state index is -1.68. The van der Waals surface area contributed by atoms with Crippen LogP contribution in [0.25, 0.3) is 21.8 Å². The smallest absolute Gasteiger partial charge is 0.326 e. The van der Waals surface area contributed by atoms with E-state index in [1.807, 2.05) is 32.0 Å². The molecule has 5 amide bonds. The number of carboxylic acid groups (broad SMARTS) is 2. The van der Waals surface area contributed by atoms with Crippen LogP contribution in [0.1, 0.15) is 58.1 Å². The minimum Gasteiger partial charge on any atom is -0.481 e. The van der Waals surface area contributed by atoms with Gasteiger partial charge in [-0.05, 0) is 47.9 Å². The lowest BCUT2D eigenvalue weighted by molar-refractivity contribution is -0.143. The van der Waals surface area contributed by atoms with Crippen LogP contribution in [0.15, 0.2) is 60.9 Å². The van der Waals surface area contributed by atoms with Crippen LogP contribution >= 0.6 is 0 Å². The second kappa shape index (κ2) is 20.9. The van der Waals surface area contributed by atoms with Crippen molar-refractivity contribution < 1.29 is 48.9 Å². The van der Waals surface area contributed by atoms with Gasteiger partial charge in [-0.3, -0.25) is 28.8 Å². The first-order valence-electron chi connectivity index (χ1n) is 19.4. The summed E-state index contributed by atoms with van der Waals surface area (Å²) in [5.41, 5.74) is 8.64. The number of hydrogen-bond acceptors (Lipinski definition) is 9. The number of aromatic amines is 2. The van der Waals surface area contributed by atoms with Gasteiger partial charge in [0, 0.05) is 47.0 Å². The van der Waals surface area contributed by atoms with Crippen LogP contribution in [0.2, 0.25) is 0 Å². The average Bonchev–Trinajstić information content (AvgIpc) is 3.78. The Morgan fingerprint density at radius 2 is 0.983 bits per heavy atom. The highest BCUT2D eigenvalue weighted by Crippen LogP contribution is 2.21. The fourth-order valence-electron chi connectivity index (χ4n) is 6.71. The topological polar surface area (TPSA) is 298 Å². The van der Waals surface area contributed by atoms with E-state index in [4.69, 9.17) is 5.73 Å². The molecule has 18 nitrogen and oxygen atoms in total. The maximum absolute atomic E-state index is 14.1. The molecule has 0 bridgehead atoms. The highest BCUT2D eigenvalue weighted by Gasteiger charge is 2.34. The van der Waals surface area contributed by atoms with E-state index < -0.39 is 90.8 Å². The molecule has 0 aliphatic carbocycles. The lowest BCUT2D eigenvalue weighted by atomic mass is 10.0. The Morgan fingerprint density at radius 1 is 0.576 bits per heavy atom. The second-order valence-electron chi connectivity index (χ2n) is 15.4. The zero-order valence-corrected chi connectivity index (χ0v) is 33.4. The molecule has 0 radical (unpaired) electrons. The molecule has 6 atom stereocenters. The molecule has 0 saturated carbocycles. The summed E-state index contributed by atoms with van der Waals surface area (Å²) in [5, 5.41) is 43.6. The van der Waals surface area contributed by atoms with Crippen molar-refractivity contribution in [2.45, 2.75) is 96.1 Å². The number of H-pyrrole nitrogens is 2. The Labute approximate surface area is 340 Å². The predicted molar refractivity (Wildman–Crippen MR) is 218 cm³/mol. The van der Waals surface area contributed by atoms with Gasteiger partial charge in [0.05, 0.1) is 19.1 Å². The number of hydrogen-bond donors (Lipinski definition) is 11. The molecule has 0 unspecified atom stereocenters. The van der Waals surface area contributed by atoms with Gasteiger partial charge in [-0.25, -0.2) is 4.79 Å².